The lowest BCUT2D eigenvalue weighted by Crippen LogP contribution is -2.43. The number of amides is 4. The SMILES string of the molecule is Cc1ccc(NC(=O)N2N=CCC2C(=O)Nc2ccc(N3CCCCC3=O)cc2F)cc1. The van der Waals surface area contributed by atoms with Crippen LogP contribution in [0.25, 0.3) is 0 Å². The summed E-state index contributed by atoms with van der Waals surface area (Å²) in [6.07, 6.45) is 3.84. The van der Waals surface area contributed by atoms with E-state index in [4.69, 9.17) is 0 Å². The molecule has 8 nitrogen and oxygen atoms in total. The molecule has 1 unspecified atom stereocenters. The Bertz CT molecular complexity index is 1070. The summed E-state index contributed by atoms with van der Waals surface area (Å²) in [4.78, 5) is 39.0. The van der Waals surface area contributed by atoms with Crippen molar-refractivity contribution in [2.75, 3.05) is 22.1 Å². The third-order valence-corrected chi connectivity index (χ3v) is 5.49. The lowest BCUT2D eigenvalue weighted by molar-refractivity contribution is -0.120. The van der Waals surface area contributed by atoms with Gasteiger partial charge in [-0.2, -0.15) is 5.10 Å². The third-order valence-electron chi connectivity index (χ3n) is 5.49. The highest BCUT2D eigenvalue weighted by atomic mass is 19.1. The Morgan fingerprint density at radius 1 is 1.09 bits per heavy atom. The summed E-state index contributed by atoms with van der Waals surface area (Å²) in [5.74, 6) is -1.24. The number of hydrazone groups is 1. The fourth-order valence-corrected chi connectivity index (χ4v) is 3.71. The Morgan fingerprint density at radius 3 is 2.59 bits per heavy atom. The number of halogens is 1. The predicted molar refractivity (Wildman–Crippen MR) is 120 cm³/mol. The number of hydrogen-bond donors (Lipinski definition) is 2. The number of piperidine rings is 1. The highest BCUT2D eigenvalue weighted by Gasteiger charge is 2.33. The van der Waals surface area contributed by atoms with Crippen LogP contribution in [-0.4, -0.2) is 41.7 Å². The summed E-state index contributed by atoms with van der Waals surface area (Å²) >= 11 is 0. The molecule has 2 aliphatic heterocycles. The van der Waals surface area contributed by atoms with Crippen molar-refractivity contribution in [2.45, 2.75) is 38.6 Å². The molecule has 2 aromatic carbocycles. The molecule has 32 heavy (non-hydrogen) atoms. The van der Waals surface area contributed by atoms with Gasteiger partial charge in [0.05, 0.1) is 5.69 Å². The number of anilines is 3. The van der Waals surface area contributed by atoms with Crippen LogP contribution in [0.1, 0.15) is 31.2 Å². The number of hydrogen-bond acceptors (Lipinski definition) is 4. The number of rotatable bonds is 4. The molecule has 166 valence electrons. The van der Waals surface area contributed by atoms with Crippen LogP contribution in [0.3, 0.4) is 0 Å². The van der Waals surface area contributed by atoms with Gasteiger partial charge in [-0.1, -0.05) is 17.7 Å². The number of benzene rings is 2. The van der Waals surface area contributed by atoms with Gasteiger partial charge >= 0.3 is 6.03 Å². The van der Waals surface area contributed by atoms with Crippen LogP contribution in [0.2, 0.25) is 0 Å². The van der Waals surface area contributed by atoms with Crippen LogP contribution >= 0.6 is 0 Å². The van der Waals surface area contributed by atoms with Gasteiger partial charge in [0.15, 0.2) is 0 Å². The zero-order chi connectivity index (χ0) is 22.7. The first-order valence-corrected chi connectivity index (χ1v) is 10.5. The van der Waals surface area contributed by atoms with Crippen molar-refractivity contribution in [3.05, 3.63) is 53.8 Å². The minimum Gasteiger partial charge on any atom is -0.322 e. The van der Waals surface area contributed by atoms with Crippen molar-refractivity contribution in [2.24, 2.45) is 5.10 Å². The normalized spacial score (nSPS) is 18.1. The lowest BCUT2D eigenvalue weighted by atomic mass is 10.1. The van der Waals surface area contributed by atoms with Crippen LogP contribution < -0.4 is 15.5 Å². The van der Waals surface area contributed by atoms with Gasteiger partial charge in [0.2, 0.25) is 11.8 Å². The average Bonchev–Trinajstić information content (AvgIpc) is 3.27. The summed E-state index contributed by atoms with van der Waals surface area (Å²) in [7, 11) is 0. The zero-order valence-corrected chi connectivity index (χ0v) is 17.7. The van der Waals surface area contributed by atoms with E-state index in [0.29, 0.717) is 24.3 Å². The Balaban J connectivity index is 1.42. The number of nitrogens with one attached hydrogen (secondary N) is 2. The van der Waals surface area contributed by atoms with E-state index in [2.05, 4.69) is 15.7 Å². The minimum atomic E-state index is -0.900. The van der Waals surface area contributed by atoms with Crippen molar-refractivity contribution >= 4 is 41.1 Å². The molecule has 0 spiro atoms. The monoisotopic (exact) mass is 437 g/mol. The number of carbonyl (C=O) groups is 3. The molecule has 4 rings (SSSR count). The molecule has 2 aliphatic rings. The second kappa shape index (κ2) is 9.17. The van der Waals surface area contributed by atoms with Crippen LogP contribution in [0.5, 0.6) is 0 Å². The van der Waals surface area contributed by atoms with Gasteiger partial charge in [-0.25, -0.2) is 14.2 Å². The maximum absolute atomic E-state index is 14.7. The van der Waals surface area contributed by atoms with Gasteiger partial charge < -0.3 is 15.5 Å². The van der Waals surface area contributed by atoms with Gasteiger partial charge in [-0.05, 0) is 50.1 Å². The molecule has 1 atom stereocenters. The molecule has 1 saturated heterocycles. The van der Waals surface area contributed by atoms with Gasteiger partial charge in [0.25, 0.3) is 0 Å². The first-order valence-electron chi connectivity index (χ1n) is 10.5. The van der Waals surface area contributed by atoms with Crippen molar-refractivity contribution in [3.8, 4) is 0 Å². The summed E-state index contributed by atoms with van der Waals surface area (Å²) in [5.41, 5.74) is 2.08. The molecule has 9 heteroatoms. The number of urea groups is 1. The van der Waals surface area contributed by atoms with E-state index in [1.54, 1.807) is 23.1 Å². The lowest BCUT2D eigenvalue weighted by Gasteiger charge is -2.27. The molecule has 1 fully saturated rings. The highest BCUT2D eigenvalue weighted by Crippen LogP contribution is 2.26. The van der Waals surface area contributed by atoms with Crippen molar-refractivity contribution in [1.29, 1.82) is 0 Å². The number of aryl methyl sites for hydroxylation is 1. The minimum absolute atomic E-state index is 0.0194. The molecule has 2 aromatic rings. The number of carbonyl (C=O) groups excluding carboxylic acids is 3. The maximum atomic E-state index is 14.7. The van der Waals surface area contributed by atoms with Crippen molar-refractivity contribution in [3.63, 3.8) is 0 Å². The molecule has 2 N–H and O–H groups in total. The van der Waals surface area contributed by atoms with E-state index >= 15 is 0 Å². The summed E-state index contributed by atoms with van der Waals surface area (Å²) < 4.78 is 14.7. The van der Waals surface area contributed by atoms with Crippen molar-refractivity contribution in [1.82, 2.24) is 5.01 Å². The quantitative estimate of drug-likeness (QED) is 0.760. The van der Waals surface area contributed by atoms with Crippen LogP contribution in [-0.2, 0) is 9.59 Å². The molecular weight excluding hydrogens is 413 g/mol. The Labute approximate surface area is 185 Å². The Hall–Kier alpha value is -3.75. The van der Waals surface area contributed by atoms with E-state index in [9.17, 15) is 18.8 Å². The molecule has 0 aliphatic carbocycles. The van der Waals surface area contributed by atoms with Gasteiger partial charge in [0, 0.05) is 37.0 Å². The van der Waals surface area contributed by atoms with Gasteiger partial charge in [-0.15, -0.1) is 0 Å². The highest BCUT2D eigenvalue weighted by molar-refractivity contribution is 6.02. The predicted octanol–water partition coefficient (Wildman–Crippen LogP) is 3.88. The second-order valence-electron chi connectivity index (χ2n) is 7.85. The largest absolute Gasteiger partial charge is 0.343 e. The fourth-order valence-electron chi connectivity index (χ4n) is 3.71. The van der Waals surface area contributed by atoms with Gasteiger partial charge in [-0.3, -0.25) is 9.59 Å². The van der Waals surface area contributed by atoms with E-state index in [1.807, 2.05) is 19.1 Å². The Morgan fingerprint density at radius 2 is 1.88 bits per heavy atom. The Kier molecular flexibility index (Phi) is 6.16. The van der Waals surface area contributed by atoms with Gasteiger partial charge in [0.1, 0.15) is 11.9 Å². The molecule has 0 radical (unpaired) electrons. The van der Waals surface area contributed by atoms with E-state index in [0.717, 1.165) is 23.4 Å². The second-order valence-corrected chi connectivity index (χ2v) is 7.85. The van der Waals surface area contributed by atoms with Crippen molar-refractivity contribution < 1.29 is 18.8 Å². The molecule has 0 aromatic heterocycles. The summed E-state index contributed by atoms with van der Waals surface area (Å²) in [6, 6.07) is 10.1. The van der Waals surface area contributed by atoms with E-state index in [1.165, 1.54) is 18.3 Å². The third kappa shape index (κ3) is 4.61. The van der Waals surface area contributed by atoms with Crippen LogP contribution in [0, 0.1) is 12.7 Å². The molecule has 4 amide bonds. The van der Waals surface area contributed by atoms with Crippen LogP contribution in [0.4, 0.5) is 26.2 Å². The molecule has 2 heterocycles. The standard InChI is InChI=1S/C23H24FN5O3/c1-15-5-7-16(8-6-15)26-23(32)29-20(11-12-25-29)22(31)27-19-10-9-17(14-18(19)24)28-13-3-2-4-21(28)30/h5-10,12,14,20H,2-4,11,13H2,1H3,(H,26,32)(H,27,31). The topological polar surface area (TPSA) is 94.1 Å². The molecule has 0 saturated carbocycles. The molecular formula is C23H24FN5O3. The van der Waals surface area contributed by atoms with Crippen LogP contribution in [0.15, 0.2) is 47.6 Å². The first-order chi connectivity index (χ1) is 15.4. The van der Waals surface area contributed by atoms with E-state index in [-0.39, 0.29) is 18.0 Å². The number of nitrogens with zero attached hydrogens (tertiary/aromatic N) is 3. The first kappa shape index (κ1) is 21.5. The summed E-state index contributed by atoms with van der Waals surface area (Å²) in [6.45, 7) is 2.49. The zero-order valence-electron chi connectivity index (χ0n) is 17.7. The maximum Gasteiger partial charge on any atom is 0.343 e. The fraction of sp³-hybridized carbons (Fsp3) is 0.304. The smallest absolute Gasteiger partial charge is 0.322 e. The average molecular weight is 437 g/mol. The van der Waals surface area contributed by atoms with E-state index < -0.39 is 23.8 Å². The summed E-state index contributed by atoms with van der Waals surface area (Å²) in [5, 5.41) is 10.3. The molecule has 0 bridgehead atoms.